The lowest BCUT2D eigenvalue weighted by Gasteiger charge is -2.29. The Balaban J connectivity index is 1.22. The molecule has 1 amide bonds. The SMILES string of the molecule is O=C(NC1CCCCC1)c1ccc(CN(CCN2CCOCC2)Cc2ccc3c(c2)OCO3)o1. The third kappa shape index (κ3) is 6.11. The van der Waals surface area contributed by atoms with E-state index in [2.05, 4.69) is 27.2 Å². The van der Waals surface area contributed by atoms with Gasteiger partial charge in [0.1, 0.15) is 5.76 Å². The molecule has 0 spiro atoms. The maximum atomic E-state index is 12.7. The smallest absolute Gasteiger partial charge is 0.287 e. The molecule has 5 rings (SSSR count). The van der Waals surface area contributed by atoms with E-state index in [1.54, 1.807) is 6.07 Å². The van der Waals surface area contributed by atoms with Crippen molar-refractivity contribution >= 4 is 5.91 Å². The Morgan fingerprint density at radius 1 is 1.00 bits per heavy atom. The van der Waals surface area contributed by atoms with Crippen molar-refractivity contribution in [3.63, 3.8) is 0 Å². The van der Waals surface area contributed by atoms with Crippen LogP contribution in [0.25, 0.3) is 0 Å². The molecule has 0 unspecified atom stereocenters. The number of carbonyl (C=O) groups is 1. The summed E-state index contributed by atoms with van der Waals surface area (Å²) < 4.78 is 22.5. The van der Waals surface area contributed by atoms with Crippen LogP contribution in [0.2, 0.25) is 0 Å². The molecule has 34 heavy (non-hydrogen) atoms. The van der Waals surface area contributed by atoms with E-state index in [1.165, 1.54) is 19.3 Å². The number of rotatable bonds is 9. The first-order valence-electron chi connectivity index (χ1n) is 12.5. The molecule has 1 aromatic carbocycles. The summed E-state index contributed by atoms with van der Waals surface area (Å²) >= 11 is 0. The highest BCUT2D eigenvalue weighted by atomic mass is 16.7. The molecule has 8 heteroatoms. The van der Waals surface area contributed by atoms with Crippen molar-refractivity contribution in [1.82, 2.24) is 15.1 Å². The van der Waals surface area contributed by atoms with Crippen molar-refractivity contribution in [1.29, 1.82) is 0 Å². The van der Waals surface area contributed by atoms with Gasteiger partial charge in [-0.2, -0.15) is 0 Å². The Morgan fingerprint density at radius 2 is 1.82 bits per heavy atom. The van der Waals surface area contributed by atoms with Crippen molar-refractivity contribution in [3.05, 3.63) is 47.4 Å². The molecule has 0 radical (unpaired) electrons. The van der Waals surface area contributed by atoms with Gasteiger partial charge in [-0.1, -0.05) is 25.3 Å². The van der Waals surface area contributed by atoms with Crippen LogP contribution < -0.4 is 14.8 Å². The number of nitrogens with zero attached hydrogens (tertiary/aromatic N) is 2. The first-order chi connectivity index (χ1) is 16.7. The Kier molecular flexibility index (Phi) is 7.68. The summed E-state index contributed by atoms with van der Waals surface area (Å²) in [6.07, 6.45) is 5.76. The van der Waals surface area contributed by atoms with Crippen LogP contribution in [0.15, 0.2) is 34.7 Å². The number of hydrogen-bond donors (Lipinski definition) is 1. The number of carbonyl (C=O) groups excluding carboxylic acids is 1. The lowest BCUT2D eigenvalue weighted by molar-refractivity contribution is 0.0321. The van der Waals surface area contributed by atoms with E-state index in [-0.39, 0.29) is 18.7 Å². The Labute approximate surface area is 201 Å². The molecule has 1 saturated heterocycles. The first kappa shape index (κ1) is 23.2. The summed E-state index contributed by atoms with van der Waals surface area (Å²) in [7, 11) is 0. The van der Waals surface area contributed by atoms with Crippen molar-refractivity contribution in [2.24, 2.45) is 0 Å². The number of hydrogen-bond acceptors (Lipinski definition) is 7. The third-order valence-corrected chi connectivity index (χ3v) is 6.88. The molecular formula is C26H35N3O5. The Hall–Kier alpha value is -2.55. The summed E-state index contributed by atoms with van der Waals surface area (Å²) in [6.45, 7) is 7.02. The second-order valence-corrected chi connectivity index (χ2v) is 9.43. The number of morpholine rings is 1. The zero-order valence-electron chi connectivity index (χ0n) is 19.8. The standard InChI is InChI=1S/C26H35N3O5/c30-26(27-21-4-2-1-3-5-21)24-9-7-22(34-24)18-29(11-10-28-12-14-31-15-13-28)17-20-6-8-23-25(16-20)33-19-32-23/h6-9,16,21H,1-5,10-15,17-19H2,(H,27,30). The van der Waals surface area contributed by atoms with Gasteiger partial charge >= 0.3 is 0 Å². The fourth-order valence-corrected chi connectivity index (χ4v) is 4.93. The number of benzene rings is 1. The summed E-state index contributed by atoms with van der Waals surface area (Å²) in [5.41, 5.74) is 1.16. The van der Waals surface area contributed by atoms with Crippen molar-refractivity contribution in [2.45, 2.75) is 51.2 Å². The third-order valence-electron chi connectivity index (χ3n) is 6.88. The number of fused-ring (bicyclic) bond motifs is 1. The molecule has 1 N–H and O–H groups in total. The highest BCUT2D eigenvalue weighted by molar-refractivity contribution is 5.91. The summed E-state index contributed by atoms with van der Waals surface area (Å²) in [5, 5.41) is 3.14. The average Bonchev–Trinajstić information content (AvgIpc) is 3.53. The molecule has 184 valence electrons. The predicted molar refractivity (Wildman–Crippen MR) is 127 cm³/mol. The molecule has 2 fully saturated rings. The molecule has 0 atom stereocenters. The number of furan rings is 1. The molecule has 1 aliphatic carbocycles. The van der Waals surface area contributed by atoms with E-state index in [9.17, 15) is 4.79 Å². The molecule has 3 aliphatic rings. The molecule has 2 aliphatic heterocycles. The van der Waals surface area contributed by atoms with Crippen LogP contribution in [0.5, 0.6) is 11.5 Å². The van der Waals surface area contributed by atoms with Crippen molar-refractivity contribution in [2.75, 3.05) is 46.2 Å². The van der Waals surface area contributed by atoms with Gasteiger partial charge in [0, 0.05) is 38.8 Å². The second kappa shape index (κ2) is 11.3. The normalized spacial score (nSPS) is 19.0. The maximum Gasteiger partial charge on any atom is 0.287 e. The van der Waals surface area contributed by atoms with Crippen molar-refractivity contribution in [3.8, 4) is 11.5 Å². The maximum absolute atomic E-state index is 12.7. The monoisotopic (exact) mass is 469 g/mol. The summed E-state index contributed by atoms with van der Waals surface area (Å²) in [4.78, 5) is 17.5. The van der Waals surface area contributed by atoms with E-state index < -0.39 is 0 Å². The van der Waals surface area contributed by atoms with E-state index in [4.69, 9.17) is 18.6 Å². The lowest BCUT2D eigenvalue weighted by Crippen LogP contribution is -2.41. The van der Waals surface area contributed by atoms with Gasteiger partial charge in [-0.05, 0) is 42.7 Å². The molecule has 3 heterocycles. The van der Waals surface area contributed by atoms with Crippen LogP contribution in [0, 0.1) is 0 Å². The van der Waals surface area contributed by atoms with Gasteiger partial charge in [0.2, 0.25) is 6.79 Å². The Bertz CT molecular complexity index is 950. The van der Waals surface area contributed by atoms with E-state index in [1.807, 2.05) is 12.1 Å². The first-order valence-corrected chi connectivity index (χ1v) is 12.5. The topological polar surface area (TPSA) is 76.4 Å². The van der Waals surface area contributed by atoms with E-state index in [0.29, 0.717) is 12.3 Å². The fraction of sp³-hybridized carbons (Fsp3) is 0.577. The number of ether oxygens (including phenoxy) is 3. The molecular weight excluding hydrogens is 434 g/mol. The van der Waals surface area contributed by atoms with Crippen LogP contribution in [0.1, 0.15) is 54.0 Å². The van der Waals surface area contributed by atoms with Gasteiger partial charge < -0.3 is 23.9 Å². The largest absolute Gasteiger partial charge is 0.455 e. The number of nitrogens with one attached hydrogen (secondary N) is 1. The van der Waals surface area contributed by atoms with Crippen LogP contribution in [-0.2, 0) is 17.8 Å². The molecule has 8 nitrogen and oxygen atoms in total. The average molecular weight is 470 g/mol. The van der Waals surface area contributed by atoms with Gasteiger partial charge in [0.05, 0.1) is 19.8 Å². The predicted octanol–water partition coefficient (Wildman–Crippen LogP) is 3.41. The highest BCUT2D eigenvalue weighted by Crippen LogP contribution is 2.33. The summed E-state index contributed by atoms with van der Waals surface area (Å²) in [6, 6.07) is 10.1. The van der Waals surface area contributed by atoms with Crippen LogP contribution >= 0.6 is 0 Å². The van der Waals surface area contributed by atoms with Gasteiger partial charge in [-0.3, -0.25) is 14.6 Å². The van der Waals surface area contributed by atoms with Gasteiger partial charge in [0.25, 0.3) is 5.91 Å². The number of amides is 1. The second-order valence-electron chi connectivity index (χ2n) is 9.43. The molecule has 1 aromatic heterocycles. The van der Waals surface area contributed by atoms with Crippen molar-refractivity contribution < 1.29 is 23.4 Å². The zero-order chi connectivity index (χ0) is 23.2. The molecule has 2 aromatic rings. The minimum absolute atomic E-state index is 0.103. The van der Waals surface area contributed by atoms with Crippen LogP contribution in [0.4, 0.5) is 0 Å². The summed E-state index contributed by atoms with van der Waals surface area (Å²) in [5.74, 6) is 2.69. The fourth-order valence-electron chi connectivity index (χ4n) is 4.93. The minimum atomic E-state index is -0.103. The van der Waals surface area contributed by atoms with Gasteiger partial charge in [-0.15, -0.1) is 0 Å². The quantitative estimate of drug-likeness (QED) is 0.603. The van der Waals surface area contributed by atoms with E-state index in [0.717, 1.165) is 81.6 Å². The van der Waals surface area contributed by atoms with E-state index >= 15 is 0 Å². The Morgan fingerprint density at radius 3 is 2.68 bits per heavy atom. The van der Waals surface area contributed by atoms with Gasteiger partial charge in [0.15, 0.2) is 17.3 Å². The zero-order valence-corrected chi connectivity index (χ0v) is 19.8. The lowest BCUT2D eigenvalue weighted by atomic mass is 9.95. The molecule has 1 saturated carbocycles. The molecule has 0 bridgehead atoms. The van der Waals surface area contributed by atoms with Crippen LogP contribution in [-0.4, -0.2) is 67.9 Å². The highest BCUT2D eigenvalue weighted by Gasteiger charge is 2.21. The van der Waals surface area contributed by atoms with Gasteiger partial charge in [-0.25, -0.2) is 0 Å². The van der Waals surface area contributed by atoms with Crippen LogP contribution in [0.3, 0.4) is 0 Å². The minimum Gasteiger partial charge on any atom is -0.455 e.